The SMILES string of the molecule is CC(C)Oc1cccc(CNC(=O)[C@@H](C)Oc2ccccc2Cl)c1. The molecule has 1 amide bonds. The zero-order valence-corrected chi connectivity index (χ0v) is 14.8. The van der Waals surface area contributed by atoms with E-state index in [1.54, 1.807) is 19.1 Å². The number of carbonyl (C=O) groups is 1. The number of halogens is 1. The molecule has 0 aromatic heterocycles. The molecule has 0 saturated carbocycles. The van der Waals surface area contributed by atoms with E-state index >= 15 is 0 Å². The van der Waals surface area contributed by atoms with E-state index in [9.17, 15) is 4.79 Å². The van der Waals surface area contributed by atoms with Crippen molar-refractivity contribution in [3.63, 3.8) is 0 Å². The Morgan fingerprint density at radius 3 is 2.54 bits per heavy atom. The van der Waals surface area contributed by atoms with Crippen molar-refractivity contribution in [2.24, 2.45) is 0 Å². The Balaban J connectivity index is 1.89. The molecule has 0 fully saturated rings. The zero-order valence-electron chi connectivity index (χ0n) is 14.1. The number of nitrogens with one attached hydrogen (secondary N) is 1. The molecular weight excluding hydrogens is 326 g/mol. The third kappa shape index (κ3) is 5.46. The monoisotopic (exact) mass is 347 g/mol. The largest absolute Gasteiger partial charge is 0.491 e. The first-order valence-corrected chi connectivity index (χ1v) is 8.28. The van der Waals surface area contributed by atoms with E-state index in [-0.39, 0.29) is 12.0 Å². The highest BCUT2D eigenvalue weighted by molar-refractivity contribution is 6.32. The number of benzene rings is 2. The summed E-state index contributed by atoms with van der Waals surface area (Å²) in [6.45, 7) is 6.05. The number of rotatable bonds is 7. The van der Waals surface area contributed by atoms with Crippen LogP contribution in [0, 0.1) is 0 Å². The van der Waals surface area contributed by atoms with E-state index in [1.165, 1.54) is 0 Å². The molecule has 2 rings (SSSR count). The van der Waals surface area contributed by atoms with Crippen LogP contribution in [-0.4, -0.2) is 18.1 Å². The van der Waals surface area contributed by atoms with Crippen molar-refractivity contribution in [3.8, 4) is 11.5 Å². The highest BCUT2D eigenvalue weighted by atomic mass is 35.5. The Hall–Kier alpha value is -2.20. The molecule has 24 heavy (non-hydrogen) atoms. The lowest BCUT2D eigenvalue weighted by Crippen LogP contribution is -2.35. The summed E-state index contributed by atoms with van der Waals surface area (Å²) >= 11 is 6.03. The Labute approximate surface area is 147 Å². The molecule has 1 N–H and O–H groups in total. The molecule has 0 aliphatic carbocycles. The topological polar surface area (TPSA) is 47.6 Å². The average Bonchev–Trinajstić information content (AvgIpc) is 2.54. The van der Waals surface area contributed by atoms with Gasteiger partial charge in [0.15, 0.2) is 6.10 Å². The molecule has 4 nitrogen and oxygen atoms in total. The molecule has 0 heterocycles. The molecule has 2 aromatic carbocycles. The Morgan fingerprint density at radius 1 is 1.08 bits per heavy atom. The number of carbonyl (C=O) groups excluding carboxylic acids is 1. The number of hydrogen-bond donors (Lipinski definition) is 1. The van der Waals surface area contributed by atoms with Crippen LogP contribution in [0.1, 0.15) is 26.3 Å². The first-order valence-electron chi connectivity index (χ1n) is 7.90. The lowest BCUT2D eigenvalue weighted by Gasteiger charge is -2.16. The number of amides is 1. The van der Waals surface area contributed by atoms with Crippen molar-refractivity contribution >= 4 is 17.5 Å². The zero-order chi connectivity index (χ0) is 17.5. The molecule has 5 heteroatoms. The quantitative estimate of drug-likeness (QED) is 0.816. The second kappa shape index (κ2) is 8.60. The third-order valence-electron chi connectivity index (χ3n) is 3.25. The summed E-state index contributed by atoms with van der Waals surface area (Å²) < 4.78 is 11.3. The van der Waals surface area contributed by atoms with E-state index in [0.29, 0.717) is 17.3 Å². The minimum atomic E-state index is -0.639. The van der Waals surface area contributed by atoms with Crippen LogP contribution < -0.4 is 14.8 Å². The fourth-order valence-electron chi connectivity index (χ4n) is 2.12. The van der Waals surface area contributed by atoms with Gasteiger partial charge in [-0.3, -0.25) is 4.79 Å². The predicted molar refractivity (Wildman–Crippen MR) is 95.6 cm³/mol. The van der Waals surface area contributed by atoms with Crippen molar-refractivity contribution in [2.45, 2.75) is 39.5 Å². The molecule has 0 bridgehead atoms. The molecule has 2 aromatic rings. The summed E-state index contributed by atoms with van der Waals surface area (Å²) in [6.07, 6.45) is -0.529. The number of para-hydroxylation sites is 1. The molecule has 128 valence electrons. The molecule has 0 radical (unpaired) electrons. The van der Waals surface area contributed by atoms with Gasteiger partial charge in [0.25, 0.3) is 5.91 Å². The Bertz CT molecular complexity index is 688. The summed E-state index contributed by atoms with van der Waals surface area (Å²) in [6, 6.07) is 14.7. The summed E-state index contributed by atoms with van der Waals surface area (Å²) in [4.78, 5) is 12.2. The first-order chi connectivity index (χ1) is 11.5. The second-order valence-electron chi connectivity index (χ2n) is 5.72. The van der Waals surface area contributed by atoms with E-state index in [4.69, 9.17) is 21.1 Å². The molecule has 0 aliphatic rings. The second-order valence-corrected chi connectivity index (χ2v) is 6.13. The highest BCUT2D eigenvalue weighted by Gasteiger charge is 2.15. The van der Waals surface area contributed by atoms with Crippen molar-refractivity contribution < 1.29 is 14.3 Å². The van der Waals surface area contributed by atoms with Gasteiger partial charge in [0, 0.05) is 6.54 Å². The summed E-state index contributed by atoms with van der Waals surface area (Å²) in [5.74, 6) is 1.08. The van der Waals surface area contributed by atoms with E-state index in [2.05, 4.69) is 5.32 Å². The van der Waals surface area contributed by atoms with Gasteiger partial charge in [-0.05, 0) is 50.6 Å². The minimum Gasteiger partial charge on any atom is -0.491 e. The van der Waals surface area contributed by atoms with Gasteiger partial charge in [-0.25, -0.2) is 0 Å². The molecule has 0 unspecified atom stereocenters. The molecule has 1 atom stereocenters. The van der Waals surface area contributed by atoms with Crippen LogP contribution in [0.2, 0.25) is 5.02 Å². The van der Waals surface area contributed by atoms with Gasteiger partial charge in [-0.1, -0.05) is 35.9 Å². The number of hydrogen-bond acceptors (Lipinski definition) is 3. The maximum atomic E-state index is 12.2. The van der Waals surface area contributed by atoms with Gasteiger partial charge in [0.05, 0.1) is 11.1 Å². The van der Waals surface area contributed by atoms with Gasteiger partial charge in [0.1, 0.15) is 11.5 Å². The van der Waals surface area contributed by atoms with E-state index in [1.807, 2.05) is 50.2 Å². The van der Waals surface area contributed by atoms with Crippen LogP contribution >= 0.6 is 11.6 Å². The normalized spacial score (nSPS) is 11.9. The summed E-state index contributed by atoms with van der Waals surface area (Å²) in [7, 11) is 0. The molecule has 0 aliphatic heterocycles. The van der Waals surface area contributed by atoms with E-state index < -0.39 is 6.10 Å². The Morgan fingerprint density at radius 2 is 1.83 bits per heavy atom. The van der Waals surface area contributed by atoms with Crippen LogP contribution in [0.5, 0.6) is 11.5 Å². The van der Waals surface area contributed by atoms with Gasteiger partial charge in [-0.15, -0.1) is 0 Å². The van der Waals surface area contributed by atoms with Crippen molar-refractivity contribution in [1.29, 1.82) is 0 Å². The molecule has 0 spiro atoms. The van der Waals surface area contributed by atoms with Gasteiger partial charge in [0.2, 0.25) is 0 Å². The van der Waals surface area contributed by atoms with Gasteiger partial charge in [-0.2, -0.15) is 0 Å². The fourth-order valence-corrected chi connectivity index (χ4v) is 2.30. The van der Waals surface area contributed by atoms with Crippen LogP contribution in [-0.2, 0) is 11.3 Å². The lowest BCUT2D eigenvalue weighted by atomic mass is 10.2. The number of ether oxygens (including phenoxy) is 2. The lowest BCUT2D eigenvalue weighted by molar-refractivity contribution is -0.127. The third-order valence-corrected chi connectivity index (χ3v) is 3.56. The predicted octanol–water partition coefficient (Wildman–Crippen LogP) is 4.21. The average molecular weight is 348 g/mol. The van der Waals surface area contributed by atoms with Crippen molar-refractivity contribution in [1.82, 2.24) is 5.32 Å². The maximum Gasteiger partial charge on any atom is 0.261 e. The van der Waals surface area contributed by atoms with Crippen molar-refractivity contribution in [2.75, 3.05) is 0 Å². The van der Waals surface area contributed by atoms with Gasteiger partial charge >= 0.3 is 0 Å². The maximum absolute atomic E-state index is 12.2. The smallest absolute Gasteiger partial charge is 0.261 e. The minimum absolute atomic E-state index is 0.110. The van der Waals surface area contributed by atoms with Crippen LogP contribution in [0.15, 0.2) is 48.5 Å². The van der Waals surface area contributed by atoms with E-state index in [0.717, 1.165) is 11.3 Å². The fraction of sp³-hybridized carbons (Fsp3) is 0.316. The van der Waals surface area contributed by atoms with Crippen molar-refractivity contribution in [3.05, 3.63) is 59.1 Å². The van der Waals surface area contributed by atoms with Crippen LogP contribution in [0.4, 0.5) is 0 Å². The summed E-state index contributed by atoms with van der Waals surface area (Å²) in [5.41, 5.74) is 0.964. The molecular formula is C19H22ClNO3. The van der Waals surface area contributed by atoms with Crippen LogP contribution in [0.3, 0.4) is 0 Å². The Kier molecular flexibility index (Phi) is 6.50. The molecule has 0 saturated heterocycles. The standard InChI is InChI=1S/C19H22ClNO3/c1-13(2)23-16-8-6-7-15(11-16)12-21-19(22)14(3)24-18-10-5-4-9-17(18)20/h4-11,13-14H,12H2,1-3H3,(H,21,22)/t14-/m1/s1. The highest BCUT2D eigenvalue weighted by Crippen LogP contribution is 2.24. The van der Waals surface area contributed by atoms with Gasteiger partial charge < -0.3 is 14.8 Å². The van der Waals surface area contributed by atoms with Crippen LogP contribution in [0.25, 0.3) is 0 Å². The first kappa shape index (κ1) is 18.1. The summed E-state index contributed by atoms with van der Waals surface area (Å²) in [5, 5.41) is 3.34.